The van der Waals surface area contributed by atoms with Crippen molar-refractivity contribution < 1.29 is 42.9 Å². The SMILES string of the molecule is CC(=O)O[C@H]([C@H](OC(C)=O)[C@H](C)O)[C@H](OC(C)=O)C(=O)F. The molecule has 0 aromatic carbocycles. The van der Waals surface area contributed by atoms with Crippen LogP contribution in [-0.4, -0.2) is 53.5 Å². The molecule has 21 heavy (non-hydrogen) atoms. The highest BCUT2D eigenvalue weighted by Crippen LogP contribution is 2.18. The lowest BCUT2D eigenvalue weighted by molar-refractivity contribution is -0.195. The van der Waals surface area contributed by atoms with Crippen LogP contribution in [0.1, 0.15) is 27.7 Å². The van der Waals surface area contributed by atoms with E-state index >= 15 is 0 Å². The molecule has 9 heteroatoms. The fourth-order valence-corrected chi connectivity index (χ4v) is 1.55. The zero-order valence-electron chi connectivity index (χ0n) is 12.0. The van der Waals surface area contributed by atoms with E-state index in [1.807, 2.05) is 0 Å². The van der Waals surface area contributed by atoms with Crippen LogP contribution in [0, 0.1) is 0 Å². The van der Waals surface area contributed by atoms with Crippen LogP contribution in [0.25, 0.3) is 0 Å². The zero-order valence-corrected chi connectivity index (χ0v) is 12.0. The highest BCUT2D eigenvalue weighted by atomic mass is 19.1. The van der Waals surface area contributed by atoms with Crippen molar-refractivity contribution >= 4 is 23.9 Å². The van der Waals surface area contributed by atoms with Crippen LogP contribution in [0.15, 0.2) is 0 Å². The average Bonchev–Trinajstić information content (AvgIpc) is 2.29. The number of carbonyl (C=O) groups excluding carboxylic acids is 4. The summed E-state index contributed by atoms with van der Waals surface area (Å²) >= 11 is 0. The van der Waals surface area contributed by atoms with Gasteiger partial charge in [-0.25, -0.2) is 0 Å². The fourth-order valence-electron chi connectivity index (χ4n) is 1.55. The number of carbonyl (C=O) groups is 4. The minimum atomic E-state index is -2.15. The number of hydrogen-bond acceptors (Lipinski definition) is 8. The Morgan fingerprint density at radius 3 is 1.52 bits per heavy atom. The molecule has 0 saturated carbocycles. The van der Waals surface area contributed by atoms with Gasteiger partial charge in [-0.2, -0.15) is 4.39 Å². The van der Waals surface area contributed by atoms with Gasteiger partial charge in [0.25, 0.3) is 0 Å². The Hall–Kier alpha value is -2.03. The third-order valence-electron chi connectivity index (χ3n) is 2.22. The standard InChI is InChI=1S/C12H17FO8/c1-5(14)9(19-6(2)15)10(20-7(3)16)11(12(13)18)21-8(4)17/h5,9-11,14H,1-4H3/t5-,9+,10+,11-/m0/s1. The van der Waals surface area contributed by atoms with E-state index in [0.717, 1.165) is 27.7 Å². The normalized spacial score (nSPS) is 16.1. The van der Waals surface area contributed by atoms with E-state index in [0.29, 0.717) is 0 Å². The number of esters is 3. The molecule has 0 bridgehead atoms. The molecule has 0 heterocycles. The van der Waals surface area contributed by atoms with E-state index in [4.69, 9.17) is 4.74 Å². The van der Waals surface area contributed by atoms with Crippen LogP contribution < -0.4 is 0 Å². The largest absolute Gasteiger partial charge is 0.456 e. The maximum atomic E-state index is 13.1. The van der Waals surface area contributed by atoms with Gasteiger partial charge in [0.2, 0.25) is 6.10 Å². The Kier molecular flexibility index (Phi) is 7.50. The first-order chi connectivity index (χ1) is 9.56. The first-order valence-corrected chi connectivity index (χ1v) is 5.95. The Morgan fingerprint density at radius 2 is 1.24 bits per heavy atom. The van der Waals surface area contributed by atoms with Gasteiger partial charge in [-0.3, -0.25) is 19.2 Å². The number of halogens is 1. The molecule has 0 aliphatic carbocycles. The third-order valence-corrected chi connectivity index (χ3v) is 2.22. The molecule has 0 radical (unpaired) electrons. The molecule has 0 aliphatic heterocycles. The summed E-state index contributed by atoms with van der Waals surface area (Å²) in [5.74, 6) is -2.84. The van der Waals surface area contributed by atoms with Gasteiger partial charge in [-0.15, -0.1) is 0 Å². The van der Waals surface area contributed by atoms with Gasteiger partial charge in [0.1, 0.15) is 0 Å². The van der Waals surface area contributed by atoms with E-state index in [2.05, 4.69) is 9.47 Å². The molecule has 8 nitrogen and oxygen atoms in total. The van der Waals surface area contributed by atoms with Crippen LogP contribution in [0.3, 0.4) is 0 Å². The van der Waals surface area contributed by atoms with Gasteiger partial charge in [0.05, 0.1) is 6.10 Å². The van der Waals surface area contributed by atoms with Crippen molar-refractivity contribution in [1.29, 1.82) is 0 Å². The summed E-state index contributed by atoms with van der Waals surface area (Å²) in [5.41, 5.74) is 0. The second-order valence-corrected chi connectivity index (χ2v) is 4.22. The van der Waals surface area contributed by atoms with Crippen molar-refractivity contribution in [3.63, 3.8) is 0 Å². The van der Waals surface area contributed by atoms with Crippen molar-refractivity contribution in [1.82, 2.24) is 0 Å². The Balaban J connectivity index is 5.55. The molecule has 0 rings (SSSR count). The predicted octanol–water partition coefficient (Wildman–Crippen LogP) is -0.342. The lowest BCUT2D eigenvalue weighted by atomic mass is 10.0. The summed E-state index contributed by atoms with van der Waals surface area (Å²) in [6.07, 6.45) is -6.97. The quantitative estimate of drug-likeness (QED) is 0.386. The summed E-state index contributed by atoms with van der Waals surface area (Å²) in [4.78, 5) is 43.9. The monoisotopic (exact) mass is 308 g/mol. The molecular weight excluding hydrogens is 291 g/mol. The first kappa shape index (κ1) is 19.0. The van der Waals surface area contributed by atoms with E-state index in [1.165, 1.54) is 0 Å². The third kappa shape index (κ3) is 6.80. The van der Waals surface area contributed by atoms with E-state index in [1.54, 1.807) is 0 Å². The molecule has 0 saturated heterocycles. The molecule has 0 unspecified atom stereocenters. The summed E-state index contributed by atoms with van der Waals surface area (Å²) < 4.78 is 26.9. The van der Waals surface area contributed by atoms with Crippen molar-refractivity contribution in [2.75, 3.05) is 0 Å². The van der Waals surface area contributed by atoms with Crippen molar-refractivity contribution in [3.05, 3.63) is 0 Å². The molecule has 120 valence electrons. The van der Waals surface area contributed by atoms with E-state index in [-0.39, 0.29) is 0 Å². The number of aliphatic hydroxyl groups is 1. The molecule has 1 N–H and O–H groups in total. The van der Waals surface area contributed by atoms with Crippen LogP contribution in [-0.2, 0) is 33.4 Å². The van der Waals surface area contributed by atoms with E-state index < -0.39 is 48.4 Å². The molecule has 0 aliphatic rings. The lowest BCUT2D eigenvalue weighted by Crippen LogP contribution is -2.51. The van der Waals surface area contributed by atoms with Gasteiger partial charge in [0, 0.05) is 20.8 Å². The van der Waals surface area contributed by atoms with Crippen LogP contribution in [0.2, 0.25) is 0 Å². The maximum Gasteiger partial charge on any atom is 0.345 e. The molecule has 0 aromatic heterocycles. The number of hydrogen-bond donors (Lipinski definition) is 1. The van der Waals surface area contributed by atoms with E-state index in [9.17, 15) is 28.7 Å². The summed E-state index contributed by atoms with van der Waals surface area (Å²) in [6, 6.07) is -2.12. The van der Waals surface area contributed by atoms with Crippen LogP contribution >= 0.6 is 0 Å². The Morgan fingerprint density at radius 1 is 0.857 bits per heavy atom. The number of rotatable bonds is 7. The topological polar surface area (TPSA) is 116 Å². The molecule has 0 fully saturated rings. The zero-order chi connectivity index (χ0) is 16.7. The smallest absolute Gasteiger partial charge is 0.345 e. The van der Waals surface area contributed by atoms with Crippen LogP contribution in [0.4, 0.5) is 4.39 Å². The molecule has 4 atom stereocenters. The van der Waals surface area contributed by atoms with Gasteiger partial charge in [0.15, 0.2) is 12.2 Å². The minimum Gasteiger partial charge on any atom is -0.456 e. The van der Waals surface area contributed by atoms with Crippen molar-refractivity contribution in [2.24, 2.45) is 0 Å². The summed E-state index contributed by atoms with van der Waals surface area (Å²) in [7, 11) is 0. The van der Waals surface area contributed by atoms with Gasteiger partial charge >= 0.3 is 23.9 Å². The molecule has 0 spiro atoms. The maximum absolute atomic E-state index is 13.1. The van der Waals surface area contributed by atoms with Crippen molar-refractivity contribution in [2.45, 2.75) is 52.1 Å². The fraction of sp³-hybridized carbons (Fsp3) is 0.667. The Labute approximate surface area is 120 Å². The average molecular weight is 308 g/mol. The summed E-state index contributed by atoms with van der Waals surface area (Å²) in [6.45, 7) is 4.02. The highest BCUT2D eigenvalue weighted by molar-refractivity contribution is 5.79. The van der Waals surface area contributed by atoms with Gasteiger partial charge in [-0.05, 0) is 6.92 Å². The number of aliphatic hydroxyl groups excluding tert-OH is 1. The first-order valence-electron chi connectivity index (χ1n) is 5.95. The van der Waals surface area contributed by atoms with Crippen LogP contribution in [0.5, 0.6) is 0 Å². The second-order valence-electron chi connectivity index (χ2n) is 4.22. The van der Waals surface area contributed by atoms with Gasteiger partial charge in [-0.1, -0.05) is 0 Å². The molecule has 0 aromatic rings. The highest BCUT2D eigenvalue weighted by Gasteiger charge is 2.43. The number of ether oxygens (including phenoxy) is 3. The lowest BCUT2D eigenvalue weighted by Gasteiger charge is -2.31. The van der Waals surface area contributed by atoms with Gasteiger partial charge < -0.3 is 19.3 Å². The minimum absolute atomic E-state index is 0.870. The Bertz CT molecular complexity index is 419. The molecular formula is C12H17FO8. The van der Waals surface area contributed by atoms with Crippen molar-refractivity contribution in [3.8, 4) is 0 Å². The summed E-state index contributed by atoms with van der Waals surface area (Å²) in [5, 5.41) is 9.57. The molecule has 0 amide bonds. The second kappa shape index (κ2) is 8.30. The predicted molar refractivity (Wildman–Crippen MR) is 64.5 cm³/mol.